The molecule has 0 fully saturated rings. The maximum Gasteiger partial charge on any atom is 0.210 e. The van der Waals surface area contributed by atoms with Crippen LogP contribution in [0, 0.1) is 11.8 Å². The molecular formula is C17H35NO. The fourth-order valence-electron chi connectivity index (χ4n) is 2.58. The second-order valence-electron chi connectivity index (χ2n) is 6.90. The van der Waals surface area contributed by atoms with Gasteiger partial charge in [0.05, 0.1) is 0 Å². The van der Waals surface area contributed by atoms with Gasteiger partial charge in [0.1, 0.15) is 0 Å². The maximum atomic E-state index is 11.3. The summed E-state index contributed by atoms with van der Waals surface area (Å²) in [5.41, 5.74) is 0. The summed E-state index contributed by atoms with van der Waals surface area (Å²) in [5.74, 6) is 1.53. The molecule has 0 heterocycles. The Morgan fingerprint density at radius 1 is 0.737 bits per heavy atom. The van der Waals surface area contributed by atoms with Crippen molar-refractivity contribution in [1.29, 1.82) is 0 Å². The quantitative estimate of drug-likeness (QED) is 0.490. The Hall–Kier alpha value is -0.530. The molecule has 0 saturated heterocycles. The van der Waals surface area contributed by atoms with Gasteiger partial charge in [0.2, 0.25) is 6.41 Å². The molecule has 0 aromatic carbocycles. The summed E-state index contributed by atoms with van der Waals surface area (Å²) in [5, 5.41) is 0. The van der Waals surface area contributed by atoms with Crippen LogP contribution in [0.2, 0.25) is 0 Å². The Labute approximate surface area is 120 Å². The highest BCUT2D eigenvalue weighted by Gasteiger charge is 2.17. The van der Waals surface area contributed by atoms with Gasteiger partial charge in [-0.05, 0) is 38.5 Å². The zero-order valence-electron chi connectivity index (χ0n) is 14.0. The van der Waals surface area contributed by atoms with Crippen molar-refractivity contribution in [3.63, 3.8) is 0 Å². The number of nitrogens with zero attached hydrogens (tertiary/aromatic N) is 1. The normalized spacial score (nSPS) is 14.7. The molecule has 0 spiro atoms. The van der Waals surface area contributed by atoms with Crippen molar-refractivity contribution in [2.24, 2.45) is 11.8 Å². The van der Waals surface area contributed by atoms with Crippen molar-refractivity contribution in [2.75, 3.05) is 0 Å². The average molecular weight is 269 g/mol. The van der Waals surface area contributed by atoms with Gasteiger partial charge in [-0.3, -0.25) is 4.79 Å². The Kier molecular flexibility index (Phi) is 9.99. The molecule has 0 aliphatic rings. The van der Waals surface area contributed by atoms with Crippen LogP contribution < -0.4 is 0 Å². The smallest absolute Gasteiger partial charge is 0.210 e. The van der Waals surface area contributed by atoms with Crippen LogP contribution in [0.15, 0.2) is 0 Å². The van der Waals surface area contributed by atoms with Crippen molar-refractivity contribution < 1.29 is 4.79 Å². The van der Waals surface area contributed by atoms with Gasteiger partial charge >= 0.3 is 0 Å². The molecule has 19 heavy (non-hydrogen) atoms. The van der Waals surface area contributed by atoms with E-state index in [0.29, 0.717) is 12.1 Å². The van der Waals surface area contributed by atoms with Crippen LogP contribution in [0.1, 0.15) is 80.1 Å². The first-order valence-electron chi connectivity index (χ1n) is 8.11. The van der Waals surface area contributed by atoms with Gasteiger partial charge in [0.15, 0.2) is 0 Å². The molecule has 0 saturated carbocycles. The van der Waals surface area contributed by atoms with E-state index < -0.39 is 0 Å². The second-order valence-corrected chi connectivity index (χ2v) is 6.90. The van der Waals surface area contributed by atoms with Crippen LogP contribution in [0.3, 0.4) is 0 Å². The summed E-state index contributed by atoms with van der Waals surface area (Å²) in [7, 11) is 0. The fourth-order valence-corrected chi connectivity index (χ4v) is 2.58. The molecule has 0 bridgehead atoms. The monoisotopic (exact) mass is 269 g/mol. The van der Waals surface area contributed by atoms with Crippen molar-refractivity contribution in [3.8, 4) is 0 Å². The predicted molar refractivity (Wildman–Crippen MR) is 84.2 cm³/mol. The summed E-state index contributed by atoms with van der Waals surface area (Å²) in [6, 6.07) is 0.760. The van der Waals surface area contributed by atoms with Gasteiger partial charge < -0.3 is 4.90 Å². The number of hydrogen-bond donors (Lipinski definition) is 0. The predicted octanol–water partition coefficient (Wildman–Crippen LogP) is 4.87. The van der Waals surface area contributed by atoms with E-state index in [0.717, 1.165) is 31.1 Å². The minimum absolute atomic E-state index is 0.380. The third-order valence-electron chi connectivity index (χ3n) is 3.95. The molecular weight excluding hydrogens is 234 g/mol. The van der Waals surface area contributed by atoms with Gasteiger partial charge in [-0.2, -0.15) is 0 Å². The molecule has 0 aliphatic heterocycles. The summed E-state index contributed by atoms with van der Waals surface area (Å²) in [6.45, 7) is 13.4. The van der Waals surface area contributed by atoms with Crippen molar-refractivity contribution in [3.05, 3.63) is 0 Å². The van der Waals surface area contributed by atoms with Gasteiger partial charge in [-0.25, -0.2) is 0 Å². The first-order valence-corrected chi connectivity index (χ1v) is 8.11. The molecule has 0 aliphatic carbocycles. The molecule has 2 heteroatoms. The van der Waals surface area contributed by atoms with Crippen molar-refractivity contribution in [1.82, 2.24) is 4.90 Å². The van der Waals surface area contributed by atoms with E-state index in [4.69, 9.17) is 0 Å². The lowest BCUT2D eigenvalue weighted by molar-refractivity contribution is -0.122. The van der Waals surface area contributed by atoms with E-state index in [2.05, 4.69) is 41.5 Å². The molecule has 2 nitrogen and oxygen atoms in total. The first kappa shape index (κ1) is 18.5. The van der Waals surface area contributed by atoms with Crippen LogP contribution in [-0.2, 0) is 4.79 Å². The van der Waals surface area contributed by atoms with E-state index in [-0.39, 0.29) is 0 Å². The fraction of sp³-hybridized carbons (Fsp3) is 0.941. The third kappa shape index (κ3) is 9.07. The first-order chi connectivity index (χ1) is 8.88. The Balaban J connectivity index is 4.04. The van der Waals surface area contributed by atoms with Crippen LogP contribution >= 0.6 is 0 Å². The van der Waals surface area contributed by atoms with Crippen molar-refractivity contribution in [2.45, 2.75) is 92.2 Å². The van der Waals surface area contributed by atoms with E-state index >= 15 is 0 Å². The number of amides is 1. The van der Waals surface area contributed by atoms with E-state index in [1.54, 1.807) is 0 Å². The molecule has 1 amide bonds. The standard InChI is InChI=1S/C17H35NO/c1-14(2)9-7-11-16(5)18(13-19)17(6)12-8-10-15(3)4/h13-17H,7-12H2,1-6H3. The summed E-state index contributed by atoms with van der Waals surface area (Å²) < 4.78 is 0. The summed E-state index contributed by atoms with van der Waals surface area (Å²) >= 11 is 0. The topological polar surface area (TPSA) is 20.3 Å². The lowest BCUT2D eigenvalue weighted by Crippen LogP contribution is -2.39. The zero-order chi connectivity index (χ0) is 14.8. The van der Waals surface area contributed by atoms with Crippen LogP contribution in [0.25, 0.3) is 0 Å². The SMILES string of the molecule is CC(C)CCCC(C)N(C=O)C(C)CCCC(C)C. The van der Waals surface area contributed by atoms with E-state index in [1.807, 2.05) is 4.90 Å². The van der Waals surface area contributed by atoms with Crippen LogP contribution in [0.5, 0.6) is 0 Å². The molecule has 2 unspecified atom stereocenters. The minimum Gasteiger partial charge on any atom is -0.340 e. The molecule has 2 atom stereocenters. The molecule has 114 valence electrons. The van der Waals surface area contributed by atoms with Gasteiger partial charge in [0.25, 0.3) is 0 Å². The summed E-state index contributed by atoms with van der Waals surface area (Å²) in [6.07, 6.45) is 8.29. The van der Waals surface area contributed by atoms with E-state index in [9.17, 15) is 4.79 Å². The molecule has 0 radical (unpaired) electrons. The second kappa shape index (κ2) is 10.3. The number of carbonyl (C=O) groups excluding carboxylic acids is 1. The molecule has 0 aromatic rings. The molecule has 0 rings (SSSR count). The number of rotatable bonds is 11. The highest BCUT2D eigenvalue weighted by molar-refractivity contribution is 5.48. The lowest BCUT2D eigenvalue weighted by atomic mass is 10.00. The van der Waals surface area contributed by atoms with E-state index in [1.165, 1.54) is 25.7 Å². The maximum absolute atomic E-state index is 11.3. The molecule has 0 aromatic heterocycles. The third-order valence-corrected chi connectivity index (χ3v) is 3.95. The minimum atomic E-state index is 0.380. The lowest BCUT2D eigenvalue weighted by Gasteiger charge is -2.31. The van der Waals surface area contributed by atoms with Crippen molar-refractivity contribution >= 4 is 6.41 Å². The highest BCUT2D eigenvalue weighted by atomic mass is 16.1. The number of hydrogen-bond acceptors (Lipinski definition) is 1. The Morgan fingerprint density at radius 2 is 1.11 bits per heavy atom. The number of carbonyl (C=O) groups is 1. The Morgan fingerprint density at radius 3 is 1.37 bits per heavy atom. The average Bonchev–Trinajstić information content (AvgIpc) is 2.28. The van der Waals surface area contributed by atoms with Crippen LogP contribution in [-0.4, -0.2) is 23.4 Å². The summed E-state index contributed by atoms with van der Waals surface area (Å²) in [4.78, 5) is 13.3. The zero-order valence-corrected chi connectivity index (χ0v) is 14.0. The van der Waals surface area contributed by atoms with Gasteiger partial charge in [-0.1, -0.05) is 53.4 Å². The van der Waals surface area contributed by atoms with Crippen LogP contribution in [0.4, 0.5) is 0 Å². The highest BCUT2D eigenvalue weighted by Crippen LogP contribution is 2.17. The van der Waals surface area contributed by atoms with Gasteiger partial charge in [-0.15, -0.1) is 0 Å². The molecule has 0 N–H and O–H groups in total. The van der Waals surface area contributed by atoms with Gasteiger partial charge in [0, 0.05) is 12.1 Å². The Bertz CT molecular complexity index is 205. The largest absolute Gasteiger partial charge is 0.340 e.